The van der Waals surface area contributed by atoms with Crippen molar-refractivity contribution in [2.75, 3.05) is 26.2 Å². The first-order valence-electron chi connectivity index (χ1n) is 13.0. The van der Waals surface area contributed by atoms with Gasteiger partial charge in [0, 0.05) is 32.5 Å². The van der Waals surface area contributed by atoms with Crippen molar-refractivity contribution in [2.45, 2.75) is 70.0 Å². The van der Waals surface area contributed by atoms with E-state index in [1.807, 2.05) is 0 Å². The topological polar surface area (TPSA) is 49.9 Å². The molecule has 0 N–H and O–H groups in total. The molecule has 2 fully saturated rings. The maximum atomic E-state index is 11.9. The van der Waals surface area contributed by atoms with Crippen LogP contribution in [0.4, 0.5) is 0 Å². The summed E-state index contributed by atoms with van der Waals surface area (Å²) in [5.74, 6) is 0.0335. The Bertz CT molecular complexity index is 839. The minimum atomic E-state index is -0.0161. The van der Waals surface area contributed by atoms with Crippen molar-refractivity contribution in [1.29, 1.82) is 0 Å². The van der Waals surface area contributed by atoms with E-state index < -0.39 is 0 Å². The summed E-state index contributed by atoms with van der Waals surface area (Å²) in [6.45, 7) is 3.88. The monoisotopic (exact) mass is 462 g/mol. The Kier molecular flexibility index (Phi) is 9.28. The van der Waals surface area contributed by atoms with Crippen molar-refractivity contribution < 1.29 is 14.3 Å². The third-order valence-corrected chi connectivity index (χ3v) is 7.06. The van der Waals surface area contributed by atoms with Crippen molar-refractivity contribution in [2.24, 2.45) is 0 Å². The highest BCUT2D eigenvalue weighted by Gasteiger charge is 2.26. The molecule has 34 heavy (non-hydrogen) atoms. The van der Waals surface area contributed by atoms with Gasteiger partial charge >= 0.3 is 0 Å². The Morgan fingerprint density at radius 2 is 1.26 bits per heavy atom. The van der Waals surface area contributed by atoms with E-state index in [4.69, 9.17) is 4.74 Å². The minimum Gasteiger partial charge on any atom is -0.365 e. The normalized spacial score (nSPS) is 18.1. The number of carbonyl (C=O) groups is 2. The molecule has 0 bridgehead atoms. The second-order valence-corrected chi connectivity index (χ2v) is 9.59. The number of unbranched alkanes of at least 4 members (excludes halogenated alkanes) is 3. The van der Waals surface area contributed by atoms with Crippen LogP contribution in [0.1, 0.15) is 75.0 Å². The summed E-state index contributed by atoms with van der Waals surface area (Å²) >= 11 is 0. The molecule has 5 nitrogen and oxygen atoms in total. The molecule has 2 aromatic carbocycles. The Balaban J connectivity index is 1.15. The van der Waals surface area contributed by atoms with E-state index >= 15 is 0 Å². The zero-order valence-corrected chi connectivity index (χ0v) is 20.2. The first-order valence-corrected chi connectivity index (χ1v) is 13.0. The molecule has 2 aliphatic rings. The van der Waals surface area contributed by atoms with Crippen LogP contribution < -0.4 is 0 Å². The average molecular weight is 463 g/mol. The molecule has 2 heterocycles. The fraction of sp³-hybridized carbons (Fsp3) is 0.517. The third-order valence-electron chi connectivity index (χ3n) is 7.06. The average Bonchev–Trinajstić information content (AvgIpc) is 2.88. The standard InChI is InChI=1S/C29H38N2O3/c32-27-16-11-17-28(33)31(27)21-10-2-1-9-20-30-22-18-26(19-23-30)34-29(24-12-5-3-6-13-24)25-14-7-4-8-15-25/h3-8,12-15,26,29H,1-2,9-11,16-23H2. The lowest BCUT2D eigenvalue weighted by molar-refractivity contribution is -0.148. The summed E-state index contributed by atoms with van der Waals surface area (Å²) in [7, 11) is 0. The van der Waals surface area contributed by atoms with Crippen LogP contribution in [0.5, 0.6) is 0 Å². The van der Waals surface area contributed by atoms with Gasteiger partial charge in [-0.2, -0.15) is 0 Å². The number of likely N-dealkylation sites (tertiary alicyclic amines) is 2. The molecule has 0 unspecified atom stereocenters. The molecule has 0 aliphatic carbocycles. The summed E-state index contributed by atoms with van der Waals surface area (Å²) < 4.78 is 6.66. The lowest BCUT2D eigenvalue weighted by atomic mass is 10.00. The Morgan fingerprint density at radius 3 is 1.82 bits per heavy atom. The molecule has 0 spiro atoms. The van der Waals surface area contributed by atoms with Crippen molar-refractivity contribution in [3.8, 4) is 0 Å². The van der Waals surface area contributed by atoms with Crippen molar-refractivity contribution in [3.63, 3.8) is 0 Å². The molecule has 0 radical (unpaired) electrons. The van der Waals surface area contributed by atoms with E-state index in [2.05, 4.69) is 65.6 Å². The quantitative estimate of drug-likeness (QED) is 0.333. The van der Waals surface area contributed by atoms with E-state index in [-0.39, 0.29) is 24.0 Å². The molecule has 0 saturated carbocycles. The molecule has 2 amide bonds. The van der Waals surface area contributed by atoms with Crippen LogP contribution in [0, 0.1) is 0 Å². The van der Waals surface area contributed by atoms with E-state index in [0.717, 1.165) is 58.2 Å². The first-order chi connectivity index (χ1) is 16.7. The largest absolute Gasteiger partial charge is 0.365 e. The fourth-order valence-electron chi connectivity index (χ4n) is 5.07. The molecule has 182 valence electrons. The number of carbonyl (C=O) groups excluding carboxylic acids is 2. The highest BCUT2D eigenvalue weighted by molar-refractivity contribution is 5.97. The molecular weight excluding hydrogens is 424 g/mol. The molecule has 0 aromatic heterocycles. The van der Waals surface area contributed by atoms with Crippen molar-refractivity contribution >= 4 is 11.8 Å². The molecule has 5 heteroatoms. The first kappa shape index (κ1) is 24.6. The zero-order chi connectivity index (χ0) is 23.6. The number of imide groups is 1. The van der Waals surface area contributed by atoms with Gasteiger partial charge in [-0.1, -0.05) is 73.5 Å². The number of rotatable bonds is 11. The van der Waals surface area contributed by atoms with Gasteiger partial charge in [-0.15, -0.1) is 0 Å². The van der Waals surface area contributed by atoms with Gasteiger partial charge in [-0.3, -0.25) is 14.5 Å². The van der Waals surface area contributed by atoms with Gasteiger partial charge in [-0.25, -0.2) is 0 Å². The Labute approximate surface area is 204 Å². The third kappa shape index (κ3) is 7.00. The van der Waals surface area contributed by atoms with Gasteiger partial charge < -0.3 is 9.64 Å². The number of amides is 2. The number of ether oxygens (including phenoxy) is 1. The molecule has 0 atom stereocenters. The van der Waals surface area contributed by atoms with E-state index in [1.165, 1.54) is 22.4 Å². The van der Waals surface area contributed by atoms with Crippen LogP contribution in [0.2, 0.25) is 0 Å². The second kappa shape index (κ2) is 12.8. The van der Waals surface area contributed by atoms with Gasteiger partial charge in [0.05, 0.1) is 6.10 Å². The van der Waals surface area contributed by atoms with Gasteiger partial charge in [-0.05, 0) is 49.8 Å². The van der Waals surface area contributed by atoms with Crippen molar-refractivity contribution in [1.82, 2.24) is 9.80 Å². The predicted octanol–water partition coefficient (Wildman–Crippen LogP) is 5.36. The summed E-state index contributed by atoms with van der Waals surface area (Å²) in [5, 5.41) is 0. The Hall–Kier alpha value is -2.50. The van der Waals surface area contributed by atoms with Crippen LogP contribution in [0.3, 0.4) is 0 Å². The molecular formula is C29H38N2O3. The lowest BCUT2D eigenvalue weighted by Gasteiger charge is -2.34. The van der Waals surface area contributed by atoms with Crippen molar-refractivity contribution in [3.05, 3.63) is 71.8 Å². The van der Waals surface area contributed by atoms with Crippen LogP contribution in [-0.4, -0.2) is 53.9 Å². The molecule has 2 aromatic rings. The van der Waals surface area contributed by atoms with E-state index in [1.54, 1.807) is 0 Å². The summed E-state index contributed by atoms with van der Waals surface area (Å²) in [5.41, 5.74) is 2.42. The second-order valence-electron chi connectivity index (χ2n) is 9.59. The minimum absolute atomic E-state index is 0.0161. The van der Waals surface area contributed by atoms with Crippen LogP contribution >= 0.6 is 0 Å². The predicted molar refractivity (Wildman–Crippen MR) is 134 cm³/mol. The maximum absolute atomic E-state index is 11.9. The molecule has 2 saturated heterocycles. The molecule has 4 rings (SSSR count). The number of hydrogen-bond acceptors (Lipinski definition) is 4. The highest BCUT2D eigenvalue weighted by atomic mass is 16.5. The summed E-state index contributed by atoms with van der Waals surface area (Å²) in [4.78, 5) is 27.8. The van der Waals surface area contributed by atoms with E-state index in [9.17, 15) is 9.59 Å². The number of nitrogens with zero attached hydrogens (tertiary/aromatic N) is 2. The fourth-order valence-corrected chi connectivity index (χ4v) is 5.07. The van der Waals surface area contributed by atoms with Crippen LogP contribution in [-0.2, 0) is 14.3 Å². The summed E-state index contributed by atoms with van der Waals surface area (Å²) in [6, 6.07) is 21.1. The smallest absolute Gasteiger partial charge is 0.229 e. The summed E-state index contributed by atoms with van der Waals surface area (Å²) in [6.07, 6.45) is 8.49. The van der Waals surface area contributed by atoms with Gasteiger partial charge in [0.1, 0.15) is 6.10 Å². The zero-order valence-electron chi connectivity index (χ0n) is 20.2. The Morgan fingerprint density at radius 1 is 0.735 bits per heavy atom. The number of hydrogen-bond donors (Lipinski definition) is 0. The van der Waals surface area contributed by atoms with Crippen LogP contribution in [0.25, 0.3) is 0 Å². The van der Waals surface area contributed by atoms with Gasteiger partial charge in [0.15, 0.2) is 0 Å². The van der Waals surface area contributed by atoms with Crippen LogP contribution in [0.15, 0.2) is 60.7 Å². The van der Waals surface area contributed by atoms with Gasteiger partial charge in [0.25, 0.3) is 0 Å². The maximum Gasteiger partial charge on any atom is 0.229 e. The SMILES string of the molecule is O=C1CCCC(=O)N1CCCCCCN1CCC(OC(c2ccccc2)c2ccccc2)CC1. The van der Waals surface area contributed by atoms with Gasteiger partial charge in [0.2, 0.25) is 11.8 Å². The highest BCUT2D eigenvalue weighted by Crippen LogP contribution is 2.30. The number of benzene rings is 2. The number of piperidine rings is 2. The van der Waals surface area contributed by atoms with E-state index in [0.29, 0.717) is 19.4 Å². The lowest BCUT2D eigenvalue weighted by Crippen LogP contribution is -2.40. The molecule has 2 aliphatic heterocycles.